The highest BCUT2D eigenvalue weighted by atomic mass is 31.2. The Morgan fingerprint density at radius 1 is 1.50 bits per heavy atom. The van der Waals surface area contributed by atoms with E-state index in [9.17, 15) is 9.36 Å². The van der Waals surface area contributed by atoms with Crippen molar-refractivity contribution in [2.45, 2.75) is 12.1 Å². The number of nitrogens with two attached hydrogens (primary N) is 1. The maximum absolute atomic E-state index is 10.3. The van der Waals surface area contributed by atoms with Crippen LogP contribution in [0, 0.1) is 0 Å². The molecule has 0 aromatic carbocycles. The minimum Gasteiger partial charge on any atom is -0.480 e. The molecule has 0 aliphatic heterocycles. The summed E-state index contributed by atoms with van der Waals surface area (Å²) in [5.74, 6) is -1.50. The van der Waals surface area contributed by atoms with E-state index in [0.29, 0.717) is 0 Å². The fraction of sp³-hybridized carbons (Fsp3) is 0.750. The second-order valence-electron chi connectivity index (χ2n) is 2.28. The van der Waals surface area contributed by atoms with Gasteiger partial charge < -0.3 is 25.7 Å². The van der Waals surface area contributed by atoms with Gasteiger partial charge >= 0.3 is 13.6 Å². The molecule has 0 heterocycles. The summed E-state index contributed by atoms with van der Waals surface area (Å²) in [6, 6.07) is -1.67. The molecule has 0 aliphatic carbocycles. The molecule has 0 amide bonds. The molecule has 0 aliphatic rings. The average molecular weight is 199 g/mol. The SMILES string of the molecule is N[C@H](C(=O)O)[C@@H](O)CP(=O)(O)O. The summed E-state index contributed by atoms with van der Waals surface area (Å²) < 4.78 is 10.3. The molecule has 6 N–H and O–H groups in total. The molecular weight excluding hydrogens is 189 g/mol. The van der Waals surface area contributed by atoms with E-state index in [1.54, 1.807) is 0 Å². The van der Waals surface area contributed by atoms with Gasteiger partial charge in [0.15, 0.2) is 0 Å². The molecule has 72 valence electrons. The van der Waals surface area contributed by atoms with E-state index in [-0.39, 0.29) is 0 Å². The zero-order valence-electron chi connectivity index (χ0n) is 5.99. The molecule has 2 atom stereocenters. The van der Waals surface area contributed by atoms with Gasteiger partial charge in [0.05, 0.1) is 12.3 Å². The summed E-state index contributed by atoms with van der Waals surface area (Å²) >= 11 is 0. The van der Waals surface area contributed by atoms with Gasteiger partial charge in [0, 0.05) is 0 Å². The van der Waals surface area contributed by atoms with Crippen LogP contribution in [0.25, 0.3) is 0 Å². The lowest BCUT2D eigenvalue weighted by Gasteiger charge is -2.14. The first kappa shape index (κ1) is 11.5. The zero-order chi connectivity index (χ0) is 9.94. The lowest BCUT2D eigenvalue weighted by Crippen LogP contribution is -2.43. The smallest absolute Gasteiger partial charge is 0.328 e. The first-order valence-electron chi connectivity index (χ1n) is 2.95. The van der Waals surface area contributed by atoms with E-state index in [2.05, 4.69) is 0 Å². The van der Waals surface area contributed by atoms with Crippen molar-refractivity contribution in [1.29, 1.82) is 0 Å². The van der Waals surface area contributed by atoms with Gasteiger partial charge in [-0.2, -0.15) is 0 Å². The average Bonchev–Trinajstić information content (AvgIpc) is 1.82. The number of hydrogen-bond acceptors (Lipinski definition) is 4. The summed E-state index contributed by atoms with van der Waals surface area (Å²) in [5.41, 5.74) is 4.87. The largest absolute Gasteiger partial charge is 0.480 e. The van der Waals surface area contributed by atoms with Gasteiger partial charge in [-0.15, -0.1) is 0 Å². The Bertz CT molecular complexity index is 212. The molecule has 0 unspecified atom stereocenters. The molecule has 0 bridgehead atoms. The Kier molecular flexibility index (Phi) is 3.82. The number of hydrogen-bond donors (Lipinski definition) is 5. The first-order valence-corrected chi connectivity index (χ1v) is 4.75. The fourth-order valence-electron chi connectivity index (χ4n) is 0.522. The Hall–Kier alpha value is -0.460. The molecule has 7 nitrogen and oxygen atoms in total. The minimum atomic E-state index is -4.41. The quantitative estimate of drug-likeness (QED) is 0.327. The van der Waals surface area contributed by atoms with E-state index in [1.807, 2.05) is 0 Å². The number of carboxylic acids is 1. The number of aliphatic hydroxyl groups is 1. The van der Waals surface area contributed by atoms with Crippen LogP contribution < -0.4 is 5.73 Å². The number of aliphatic hydroxyl groups excluding tert-OH is 1. The first-order chi connectivity index (χ1) is 5.24. The van der Waals surface area contributed by atoms with Crippen LogP contribution in [0.2, 0.25) is 0 Å². The van der Waals surface area contributed by atoms with Crippen molar-refractivity contribution in [3.05, 3.63) is 0 Å². The summed E-state index contributed by atoms with van der Waals surface area (Å²) in [7, 11) is -4.41. The topological polar surface area (TPSA) is 141 Å². The third-order valence-corrected chi connectivity index (χ3v) is 1.97. The standard InChI is InChI=1S/C4H10NO6P/c5-3(4(7)8)2(6)1-12(9,10)11/h2-3,6H,1,5H2,(H,7,8)(H2,9,10,11)/t2-,3-/m0/s1. The molecular formula is C4H10NO6P. The van der Waals surface area contributed by atoms with Crippen LogP contribution >= 0.6 is 7.60 Å². The van der Waals surface area contributed by atoms with Gasteiger partial charge in [0.1, 0.15) is 6.04 Å². The number of rotatable bonds is 4. The third-order valence-electron chi connectivity index (χ3n) is 1.12. The Morgan fingerprint density at radius 2 is 1.92 bits per heavy atom. The maximum atomic E-state index is 10.3. The zero-order valence-corrected chi connectivity index (χ0v) is 6.89. The molecule has 0 radical (unpaired) electrons. The van der Waals surface area contributed by atoms with Crippen LogP contribution in [0.1, 0.15) is 0 Å². The summed E-state index contributed by atoms with van der Waals surface area (Å²) in [6.07, 6.45) is -2.68. The van der Waals surface area contributed by atoms with Crippen molar-refractivity contribution in [1.82, 2.24) is 0 Å². The van der Waals surface area contributed by atoms with E-state index < -0.39 is 31.9 Å². The molecule has 0 aromatic heterocycles. The van der Waals surface area contributed by atoms with Crippen LogP contribution in [0.4, 0.5) is 0 Å². The van der Waals surface area contributed by atoms with Crippen LogP contribution in [-0.2, 0) is 9.36 Å². The van der Waals surface area contributed by atoms with Crippen molar-refractivity contribution in [2.24, 2.45) is 5.73 Å². The summed E-state index contributed by atoms with van der Waals surface area (Å²) in [5, 5.41) is 17.0. The Morgan fingerprint density at radius 3 is 2.17 bits per heavy atom. The van der Waals surface area contributed by atoms with E-state index in [0.717, 1.165) is 0 Å². The predicted molar refractivity (Wildman–Crippen MR) is 38.5 cm³/mol. The summed E-state index contributed by atoms with van der Waals surface area (Å²) in [6.45, 7) is 0. The number of carboxylic acid groups (broad SMARTS) is 1. The Balaban J connectivity index is 4.13. The van der Waals surface area contributed by atoms with Crippen LogP contribution in [0.3, 0.4) is 0 Å². The second kappa shape index (κ2) is 3.97. The van der Waals surface area contributed by atoms with Gasteiger partial charge in [-0.25, -0.2) is 0 Å². The van der Waals surface area contributed by atoms with Gasteiger partial charge in [0.2, 0.25) is 0 Å². The van der Waals surface area contributed by atoms with E-state index in [1.165, 1.54) is 0 Å². The molecule has 0 fully saturated rings. The van der Waals surface area contributed by atoms with Gasteiger partial charge in [-0.3, -0.25) is 9.36 Å². The van der Waals surface area contributed by atoms with Crippen LogP contribution in [-0.4, -0.2) is 44.3 Å². The highest BCUT2D eigenvalue weighted by Crippen LogP contribution is 2.35. The maximum Gasteiger partial charge on any atom is 0.328 e. The normalized spacial score (nSPS) is 17.0. The third kappa shape index (κ3) is 4.42. The van der Waals surface area contributed by atoms with Gasteiger partial charge in [-0.1, -0.05) is 0 Å². The highest BCUT2D eigenvalue weighted by Gasteiger charge is 2.28. The van der Waals surface area contributed by atoms with Crippen molar-refractivity contribution in [2.75, 3.05) is 6.16 Å². The van der Waals surface area contributed by atoms with Crippen molar-refractivity contribution in [3.8, 4) is 0 Å². The van der Waals surface area contributed by atoms with Crippen molar-refractivity contribution >= 4 is 13.6 Å². The number of aliphatic carboxylic acids is 1. The highest BCUT2D eigenvalue weighted by molar-refractivity contribution is 7.51. The van der Waals surface area contributed by atoms with Gasteiger partial charge in [-0.05, 0) is 0 Å². The summed E-state index contributed by atoms with van der Waals surface area (Å²) in [4.78, 5) is 26.7. The van der Waals surface area contributed by atoms with Gasteiger partial charge in [0.25, 0.3) is 0 Å². The molecule has 0 spiro atoms. The van der Waals surface area contributed by atoms with E-state index >= 15 is 0 Å². The molecule has 0 aromatic rings. The molecule has 8 heteroatoms. The van der Waals surface area contributed by atoms with Crippen LogP contribution in [0.5, 0.6) is 0 Å². The number of carbonyl (C=O) groups is 1. The van der Waals surface area contributed by atoms with E-state index in [4.69, 9.17) is 25.7 Å². The lowest BCUT2D eigenvalue weighted by molar-refractivity contribution is -0.140. The predicted octanol–water partition coefficient (Wildman–Crippen LogP) is -2.06. The Labute approximate surface area is 68.0 Å². The van der Waals surface area contributed by atoms with Crippen molar-refractivity contribution in [3.63, 3.8) is 0 Å². The molecule has 12 heavy (non-hydrogen) atoms. The lowest BCUT2D eigenvalue weighted by atomic mass is 10.2. The van der Waals surface area contributed by atoms with Crippen LogP contribution in [0.15, 0.2) is 0 Å². The molecule has 0 saturated heterocycles. The molecule has 0 rings (SSSR count). The fourth-order valence-corrected chi connectivity index (χ4v) is 1.24. The molecule has 0 saturated carbocycles. The minimum absolute atomic E-state index is 0.944. The van der Waals surface area contributed by atoms with Crippen molar-refractivity contribution < 1.29 is 29.4 Å². The monoisotopic (exact) mass is 199 g/mol. The second-order valence-corrected chi connectivity index (χ2v) is 3.97.